The Balaban J connectivity index is 3.21. The molecule has 0 unspecified atom stereocenters. The first-order valence-electron chi connectivity index (χ1n) is 4.11. The van der Waals surface area contributed by atoms with Gasteiger partial charge in [-0.15, -0.1) is 0 Å². The van der Waals surface area contributed by atoms with Crippen molar-refractivity contribution >= 4 is 21.9 Å². The van der Waals surface area contributed by atoms with Crippen LogP contribution in [0.5, 0.6) is 0 Å². The summed E-state index contributed by atoms with van der Waals surface area (Å²) in [6, 6.07) is 0. The van der Waals surface area contributed by atoms with E-state index < -0.39 is 5.97 Å². The van der Waals surface area contributed by atoms with Gasteiger partial charge in [0.25, 0.3) is 0 Å². The van der Waals surface area contributed by atoms with Crippen molar-refractivity contribution in [2.24, 2.45) is 0 Å². The van der Waals surface area contributed by atoms with E-state index in [1.807, 2.05) is 0 Å². The number of carbonyl (C=O) groups is 1. The first kappa shape index (κ1) is 11.0. The predicted molar refractivity (Wildman–Crippen MR) is 57.1 cm³/mol. The van der Waals surface area contributed by atoms with Crippen LogP contribution in [0.4, 0.5) is 0 Å². The molecule has 0 aromatic heterocycles. The molecule has 0 saturated carbocycles. The van der Waals surface area contributed by atoms with Crippen molar-refractivity contribution in [1.82, 2.24) is 0 Å². The molecular weight excluding hydrogens is 248 g/mol. The Morgan fingerprint density at radius 2 is 2.29 bits per heavy atom. The Morgan fingerprint density at radius 3 is 2.86 bits per heavy atom. The average molecular weight is 259 g/mol. The van der Waals surface area contributed by atoms with Gasteiger partial charge in [0, 0.05) is 16.5 Å². The van der Waals surface area contributed by atoms with Crippen LogP contribution in [-0.4, -0.2) is 18.2 Å². The van der Waals surface area contributed by atoms with Gasteiger partial charge in [0.15, 0.2) is 0 Å². The van der Waals surface area contributed by atoms with E-state index in [0.29, 0.717) is 22.0 Å². The molecule has 14 heavy (non-hydrogen) atoms. The number of ether oxygens (including phenoxy) is 1. The number of hydrogen-bond donors (Lipinski definition) is 1. The van der Waals surface area contributed by atoms with Gasteiger partial charge in [-0.2, -0.15) is 0 Å². The van der Waals surface area contributed by atoms with Crippen molar-refractivity contribution in [1.29, 1.82) is 0 Å². The highest BCUT2D eigenvalue weighted by molar-refractivity contribution is 9.11. The molecule has 0 fully saturated rings. The van der Waals surface area contributed by atoms with E-state index >= 15 is 0 Å². The summed E-state index contributed by atoms with van der Waals surface area (Å²) in [5, 5.41) is 9.67. The number of aliphatic hydroxyl groups is 1. The van der Waals surface area contributed by atoms with Crippen LogP contribution in [0.15, 0.2) is 33.5 Å². The summed E-state index contributed by atoms with van der Waals surface area (Å²) in [7, 11) is 1.32. The fourth-order valence-corrected chi connectivity index (χ4v) is 1.65. The van der Waals surface area contributed by atoms with Crippen molar-refractivity contribution in [2.45, 2.75) is 13.3 Å². The van der Waals surface area contributed by atoms with Crippen LogP contribution in [-0.2, 0) is 9.53 Å². The lowest BCUT2D eigenvalue weighted by molar-refractivity contribution is -0.135. The number of hydrogen-bond acceptors (Lipinski definition) is 3. The summed E-state index contributed by atoms with van der Waals surface area (Å²) in [6.45, 7) is 1.68. The van der Waals surface area contributed by atoms with Crippen molar-refractivity contribution in [2.75, 3.05) is 7.11 Å². The second-order valence-corrected chi connectivity index (χ2v) is 3.85. The maximum absolute atomic E-state index is 11.3. The third-order valence-corrected chi connectivity index (χ3v) is 2.70. The summed E-state index contributed by atoms with van der Waals surface area (Å²) in [5.41, 5.74) is 0.914. The zero-order valence-electron chi connectivity index (χ0n) is 8.00. The standard InChI is InChI=1S/C10H11BrO3/c1-6-7(10(13)14-2)4-3-5-8(11)9(6)12/h3-4,12H,5H2,1-2H3. The van der Waals surface area contributed by atoms with Crippen molar-refractivity contribution in [3.05, 3.63) is 33.5 Å². The lowest BCUT2D eigenvalue weighted by atomic mass is 10.1. The third-order valence-electron chi connectivity index (χ3n) is 2.00. The quantitative estimate of drug-likeness (QED) is 0.736. The molecule has 0 aromatic rings. The number of methoxy groups -OCH3 is 1. The van der Waals surface area contributed by atoms with E-state index in [9.17, 15) is 9.90 Å². The molecule has 4 heteroatoms. The maximum Gasteiger partial charge on any atom is 0.338 e. The molecule has 3 nitrogen and oxygen atoms in total. The van der Waals surface area contributed by atoms with E-state index in [1.54, 1.807) is 19.1 Å². The Kier molecular flexibility index (Phi) is 3.52. The minimum absolute atomic E-state index is 0.107. The van der Waals surface area contributed by atoms with Gasteiger partial charge in [0.05, 0.1) is 12.7 Å². The molecule has 0 spiro atoms. The van der Waals surface area contributed by atoms with Gasteiger partial charge in [-0.3, -0.25) is 0 Å². The van der Waals surface area contributed by atoms with Gasteiger partial charge in [0.2, 0.25) is 0 Å². The Morgan fingerprint density at radius 1 is 1.64 bits per heavy atom. The fraction of sp³-hybridized carbons (Fsp3) is 0.300. The second kappa shape index (κ2) is 4.46. The van der Waals surface area contributed by atoms with Gasteiger partial charge in [-0.1, -0.05) is 28.1 Å². The number of allylic oxidation sites excluding steroid dienone is 3. The van der Waals surface area contributed by atoms with Crippen molar-refractivity contribution in [3.63, 3.8) is 0 Å². The van der Waals surface area contributed by atoms with Crippen molar-refractivity contribution in [3.8, 4) is 0 Å². The molecule has 0 saturated heterocycles. The first-order valence-corrected chi connectivity index (χ1v) is 4.91. The zero-order chi connectivity index (χ0) is 10.7. The lowest BCUT2D eigenvalue weighted by Crippen LogP contribution is -2.05. The Hall–Kier alpha value is -1.03. The van der Waals surface area contributed by atoms with Crippen LogP contribution >= 0.6 is 15.9 Å². The number of aliphatic hydroxyl groups excluding tert-OH is 1. The minimum Gasteiger partial charge on any atom is -0.507 e. The van der Waals surface area contributed by atoms with Crippen LogP contribution in [0.2, 0.25) is 0 Å². The monoisotopic (exact) mass is 258 g/mol. The molecule has 0 bridgehead atoms. The minimum atomic E-state index is -0.437. The van der Waals surface area contributed by atoms with E-state index in [2.05, 4.69) is 20.7 Å². The molecule has 0 heterocycles. The summed E-state index contributed by atoms with van der Waals surface area (Å²) < 4.78 is 5.27. The molecule has 0 aromatic carbocycles. The van der Waals surface area contributed by atoms with E-state index in [4.69, 9.17) is 0 Å². The number of rotatable bonds is 1. The molecule has 1 rings (SSSR count). The van der Waals surface area contributed by atoms with Crippen LogP contribution < -0.4 is 0 Å². The van der Waals surface area contributed by atoms with Crippen molar-refractivity contribution < 1.29 is 14.6 Å². The molecule has 0 amide bonds. The fourth-order valence-electron chi connectivity index (χ4n) is 1.16. The highest BCUT2D eigenvalue weighted by atomic mass is 79.9. The van der Waals surface area contributed by atoms with Gasteiger partial charge in [-0.25, -0.2) is 4.79 Å². The third kappa shape index (κ3) is 2.07. The van der Waals surface area contributed by atoms with E-state index in [-0.39, 0.29) is 5.76 Å². The Labute approximate surface area is 90.9 Å². The Bertz CT molecular complexity index is 350. The van der Waals surface area contributed by atoms with Gasteiger partial charge in [-0.05, 0) is 6.92 Å². The van der Waals surface area contributed by atoms with E-state index in [1.165, 1.54) is 7.11 Å². The normalized spacial score (nSPS) is 17.1. The predicted octanol–water partition coefficient (Wildman–Crippen LogP) is 2.60. The largest absolute Gasteiger partial charge is 0.507 e. The summed E-state index contributed by atoms with van der Waals surface area (Å²) in [5.74, 6) is -0.331. The molecular formula is C10H11BrO3. The highest BCUT2D eigenvalue weighted by Gasteiger charge is 2.16. The van der Waals surface area contributed by atoms with Crippen LogP contribution in [0.25, 0.3) is 0 Å². The topological polar surface area (TPSA) is 46.5 Å². The first-order chi connectivity index (χ1) is 6.57. The molecule has 1 aliphatic rings. The molecule has 0 radical (unpaired) electrons. The molecule has 76 valence electrons. The van der Waals surface area contributed by atoms with Gasteiger partial charge >= 0.3 is 5.97 Å². The number of carbonyl (C=O) groups excluding carboxylic acids is 1. The van der Waals surface area contributed by atoms with Gasteiger partial charge < -0.3 is 9.84 Å². The molecule has 0 atom stereocenters. The molecule has 0 aliphatic heterocycles. The van der Waals surface area contributed by atoms with Crippen LogP contribution in [0, 0.1) is 0 Å². The van der Waals surface area contributed by atoms with Gasteiger partial charge in [0.1, 0.15) is 5.76 Å². The zero-order valence-corrected chi connectivity index (χ0v) is 9.59. The number of halogens is 1. The second-order valence-electron chi connectivity index (χ2n) is 2.89. The number of esters is 1. The smallest absolute Gasteiger partial charge is 0.338 e. The van der Waals surface area contributed by atoms with Crippen LogP contribution in [0.1, 0.15) is 13.3 Å². The van der Waals surface area contributed by atoms with E-state index in [0.717, 1.165) is 0 Å². The summed E-state index contributed by atoms with van der Waals surface area (Å²) >= 11 is 3.23. The maximum atomic E-state index is 11.3. The SMILES string of the molecule is COC(=O)C1=C(C)C(O)=C(Br)CC=C1. The summed E-state index contributed by atoms with van der Waals surface area (Å²) in [4.78, 5) is 11.3. The lowest BCUT2D eigenvalue weighted by Gasteiger charge is -2.05. The molecule has 1 aliphatic carbocycles. The average Bonchev–Trinajstić information content (AvgIpc) is 2.31. The highest BCUT2D eigenvalue weighted by Crippen LogP contribution is 2.27. The molecule has 1 N–H and O–H groups in total. The van der Waals surface area contributed by atoms with Crippen LogP contribution in [0.3, 0.4) is 0 Å². The summed E-state index contributed by atoms with van der Waals surface area (Å²) in [6.07, 6.45) is 4.03.